The van der Waals surface area contributed by atoms with Crippen LogP contribution in [0.3, 0.4) is 0 Å². The molecule has 0 aromatic carbocycles. The van der Waals surface area contributed by atoms with Gasteiger partial charge in [-0.2, -0.15) is 0 Å². The summed E-state index contributed by atoms with van der Waals surface area (Å²) in [5.41, 5.74) is 1.67. The Morgan fingerprint density at radius 1 is 1.18 bits per heavy atom. The number of aromatic nitrogens is 2. The van der Waals surface area contributed by atoms with Crippen molar-refractivity contribution < 1.29 is 4.74 Å². The van der Waals surface area contributed by atoms with Crippen molar-refractivity contribution in [1.82, 2.24) is 9.97 Å². The molecule has 0 amide bonds. The van der Waals surface area contributed by atoms with Crippen LogP contribution in [-0.4, -0.2) is 17.1 Å². The largest absolute Gasteiger partial charge is 0.479 e. The number of nitrogens with zero attached hydrogens (tertiary/aromatic N) is 2. The summed E-state index contributed by atoms with van der Waals surface area (Å²) in [5.74, 6) is 0.384. The molecule has 1 heterocycles. The monoisotopic (exact) mass is 172 g/mol. The number of rotatable bonds is 1. The van der Waals surface area contributed by atoms with E-state index in [9.17, 15) is 0 Å². The van der Waals surface area contributed by atoms with E-state index in [1.54, 1.807) is 0 Å². The van der Waals surface area contributed by atoms with E-state index in [0.29, 0.717) is 11.0 Å². The Hall–Kier alpha value is -0.830. The molecular weight excluding hydrogens is 164 g/mol. The van der Waals surface area contributed by atoms with E-state index in [2.05, 4.69) is 9.97 Å². The summed E-state index contributed by atoms with van der Waals surface area (Å²) in [5, 5.41) is 0.315. The fourth-order valence-electron chi connectivity index (χ4n) is 0.685. The van der Waals surface area contributed by atoms with Crippen LogP contribution in [0, 0.1) is 13.8 Å². The van der Waals surface area contributed by atoms with Crippen molar-refractivity contribution in [2.75, 3.05) is 7.11 Å². The molecule has 0 unspecified atom stereocenters. The lowest BCUT2D eigenvalue weighted by Crippen LogP contribution is -1.96. The van der Waals surface area contributed by atoms with Crippen molar-refractivity contribution in [3.05, 3.63) is 16.5 Å². The average Bonchev–Trinajstić information content (AvgIpc) is 1.97. The average molecular weight is 173 g/mol. The second-order valence-electron chi connectivity index (χ2n) is 2.19. The van der Waals surface area contributed by atoms with Crippen molar-refractivity contribution in [3.63, 3.8) is 0 Å². The zero-order valence-corrected chi connectivity index (χ0v) is 7.44. The van der Waals surface area contributed by atoms with E-state index in [-0.39, 0.29) is 0 Å². The molecule has 11 heavy (non-hydrogen) atoms. The number of ether oxygens (including phenoxy) is 1. The van der Waals surface area contributed by atoms with E-state index < -0.39 is 0 Å². The summed E-state index contributed by atoms with van der Waals surface area (Å²) in [6, 6.07) is 0. The number of aryl methyl sites for hydroxylation is 2. The second kappa shape index (κ2) is 3.05. The molecule has 0 bridgehead atoms. The predicted molar refractivity (Wildman–Crippen MR) is 43.1 cm³/mol. The highest BCUT2D eigenvalue weighted by Crippen LogP contribution is 2.19. The highest BCUT2D eigenvalue weighted by Gasteiger charge is 2.05. The van der Waals surface area contributed by atoms with Crippen LogP contribution < -0.4 is 4.74 Å². The van der Waals surface area contributed by atoms with Crippen molar-refractivity contribution in [2.24, 2.45) is 0 Å². The highest BCUT2D eigenvalue weighted by atomic mass is 35.5. The van der Waals surface area contributed by atoms with Gasteiger partial charge in [-0.25, -0.2) is 9.97 Å². The van der Waals surface area contributed by atoms with Crippen LogP contribution in [0.5, 0.6) is 5.88 Å². The molecule has 0 aliphatic heterocycles. The molecule has 0 radical (unpaired) electrons. The smallest absolute Gasteiger partial charge is 0.252 e. The van der Waals surface area contributed by atoms with Crippen LogP contribution in [0.1, 0.15) is 11.4 Å². The molecule has 1 aromatic heterocycles. The minimum absolute atomic E-state index is 0.315. The maximum absolute atomic E-state index is 5.70. The fourth-order valence-corrected chi connectivity index (χ4v) is 0.931. The molecule has 0 aliphatic rings. The van der Waals surface area contributed by atoms with Crippen molar-refractivity contribution in [1.29, 1.82) is 0 Å². The van der Waals surface area contributed by atoms with Gasteiger partial charge < -0.3 is 4.74 Å². The Morgan fingerprint density at radius 2 is 1.73 bits per heavy atom. The van der Waals surface area contributed by atoms with E-state index in [1.165, 1.54) is 7.11 Å². The molecule has 0 saturated carbocycles. The lowest BCUT2D eigenvalue weighted by atomic mass is 10.4. The molecule has 1 aromatic rings. The SMILES string of the molecule is COc1nc(C)c(C)nc1Cl. The lowest BCUT2D eigenvalue weighted by Gasteiger charge is -2.03. The topological polar surface area (TPSA) is 35.0 Å². The first-order chi connectivity index (χ1) is 5.15. The third-order valence-electron chi connectivity index (χ3n) is 1.43. The van der Waals surface area contributed by atoms with E-state index in [1.807, 2.05) is 13.8 Å². The first-order valence-electron chi connectivity index (χ1n) is 3.20. The molecule has 4 heteroatoms. The summed E-state index contributed by atoms with van der Waals surface area (Å²) < 4.78 is 4.88. The summed E-state index contributed by atoms with van der Waals surface area (Å²) in [7, 11) is 1.52. The highest BCUT2D eigenvalue weighted by molar-refractivity contribution is 6.30. The van der Waals surface area contributed by atoms with Gasteiger partial charge in [-0.1, -0.05) is 11.6 Å². The van der Waals surface area contributed by atoms with Gasteiger partial charge in [-0.3, -0.25) is 0 Å². The third kappa shape index (κ3) is 1.60. The normalized spacial score (nSPS) is 9.82. The molecule has 3 nitrogen and oxygen atoms in total. The van der Waals surface area contributed by atoms with Gasteiger partial charge in [-0.05, 0) is 13.8 Å². The Labute approximate surface area is 70.4 Å². The summed E-state index contributed by atoms with van der Waals surface area (Å²) >= 11 is 5.70. The molecule has 0 spiro atoms. The van der Waals surface area contributed by atoms with Gasteiger partial charge in [-0.15, -0.1) is 0 Å². The zero-order valence-electron chi connectivity index (χ0n) is 6.68. The maximum Gasteiger partial charge on any atom is 0.252 e. The first kappa shape index (κ1) is 8.27. The van der Waals surface area contributed by atoms with Crippen molar-refractivity contribution >= 4 is 11.6 Å². The summed E-state index contributed by atoms with van der Waals surface area (Å²) in [6.45, 7) is 3.72. The van der Waals surface area contributed by atoms with E-state index >= 15 is 0 Å². The maximum atomic E-state index is 5.70. The minimum Gasteiger partial charge on any atom is -0.479 e. The quantitative estimate of drug-likeness (QED) is 0.648. The lowest BCUT2D eigenvalue weighted by molar-refractivity contribution is 0.394. The van der Waals surface area contributed by atoms with Gasteiger partial charge in [0.25, 0.3) is 5.88 Å². The van der Waals surface area contributed by atoms with Crippen molar-refractivity contribution in [3.8, 4) is 5.88 Å². The molecule has 0 fully saturated rings. The summed E-state index contributed by atoms with van der Waals surface area (Å²) in [4.78, 5) is 8.10. The van der Waals surface area contributed by atoms with Gasteiger partial charge in [0.1, 0.15) is 0 Å². The van der Waals surface area contributed by atoms with E-state index in [0.717, 1.165) is 11.4 Å². The van der Waals surface area contributed by atoms with Crippen LogP contribution in [0.2, 0.25) is 5.15 Å². The number of hydrogen-bond acceptors (Lipinski definition) is 3. The number of hydrogen-bond donors (Lipinski definition) is 0. The molecule has 0 saturated heterocycles. The number of halogens is 1. The van der Waals surface area contributed by atoms with Gasteiger partial charge in [0, 0.05) is 0 Å². The van der Waals surface area contributed by atoms with Crippen LogP contribution >= 0.6 is 11.6 Å². The Bertz CT molecular complexity index is 275. The van der Waals surface area contributed by atoms with Gasteiger partial charge >= 0.3 is 0 Å². The molecule has 60 valence electrons. The fraction of sp³-hybridized carbons (Fsp3) is 0.429. The van der Waals surface area contributed by atoms with Crippen LogP contribution in [0.25, 0.3) is 0 Å². The zero-order chi connectivity index (χ0) is 8.43. The second-order valence-corrected chi connectivity index (χ2v) is 2.55. The predicted octanol–water partition coefficient (Wildman–Crippen LogP) is 1.76. The van der Waals surface area contributed by atoms with Crippen LogP contribution in [0.15, 0.2) is 0 Å². The van der Waals surface area contributed by atoms with Crippen LogP contribution in [-0.2, 0) is 0 Å². The Kier molecular flexibility index (Phi) is 2.29. The van der Waals surface area contributed by atoms with E-state index in [4.69, 9.17) is 16.3 Å². The standard InChI is InChI=1S/C7H9ClN2O/c1-4-5(2)10-7(11-3)6(8)9-4/h1-3H3. The third-order valence-corrected chi connectivity index (χ3v) is 1.67. The number of methoxy groups -OCH3 is 1. The molecule has 0 aliphatic carbocycles. The Morgan fingerprint density at radius 3 is 2.27 bits per heavy atom. The molecule has 1 rings (SSSR count). The van der Waals surface area contributed by atoms with Crippen molar-refractivity contribution in [2.45, 2.75) is 13.8 Å². The minimum atomic E-state index is 0.315. The van der Waals surface area contributed by atoms with Gasteiger partial charge in [0.05, 0.1) is 18.5 Å². The molecule has 0 N–H and O–H groups in total. The Balaban J connectivity index is 3.21. The molecular formula is C7H9ClN2O. The van der Waals surface area contributed by atoms with Crippen LogP contribution in [0.4, 0.5) is 0 Å². The molecule has 0 atom stereocenters. The van der Waals surface area contributed by atoms with Gasteiger partial charge in [0.15, 0.2) is 5.15 Å². The van der Waals surface area contributed by atoms with Gasteiger partial charge in [0.2, 0.25) is 0 Å². The first-order valence-corrected chi connectivity index (χ1v) is 3.57. The summed E-state index contributed by atoms with van der Waals surface area (Å²) in [6.07, 6.45) is 0.